The highest BCUT2D eigenvalue weighted by molar-refractivity contribution is 5.99. The fourth-order valence-corrected chi connectivity index (χ4v) is 4.09. The molecule has 1 aliphatic heterocycles. The van der Waals surface area contributed by atoms with Crippen molar-refractivity contribution in [2.45, 2.75) is 32.4 Å². The molecule has 0 saturated carbocycles. The first kappa shape index (κ1) is 20.2. The average Bonchev–Trinajstić information content (AvgIpc) is 2.72. The minimum Gasteiger partial charge on any atom is -0.496 e. The maximum Gasteiger partial charge on any atom is 0.261 e. The molecule has 1 aliphatic rings. The Kier molecular flexibility index (Phi) is 6.57. The maximum atomic E-state index is 13.3. The van der Waals surface area contributed by atoms with Gasteiger partial charge in [-0.2, -0.15) is 0 Å². The summed E-state index contributed by atoms with van der Waals surface area (Å²) in [7, 11) is 3.16. The molecule has 1 fully saturated rings. The molecule has 1 heterocycles. The van der Waals surface area contributed by atoms with Crippen LogP contribution in [0.25, 0.3) is 0 Å². The third-order valence-electron chi connectivity index (χ3n) is 5.53. The molecule has 0 aromatic heterocycles. The Morgan fingerprint density at radius 2 is 1.50 bits per heavy atom. The van der Waals surface area contributed by atoms with Crippen molar-refractivity contribution in [2.24, 2.45) is 0 Å². The lowest BCUT2D eigenvalue weighted by molar-refractivity contribution is 0.0307. The Morgan fingerprint density at radius 1 is 0.929 bits per heavy atom. The second-order valence-corrected chi connectivity index (χ2v) is 7.42. The Bertz CT molecular complexity index is 759. The van der Waals surface area contributed by atoms with Crippen molar-refractivity contribution in [3.63, 3.8) is 0 Å². The summed E-state index contributed by atoms with van der Waals surface area (Å²) in [4.78, 5) is 17.7. The summed E-state index contributed by atoms with van der Waals surface area (Å²) >= 11 is 0. The van der Waals surface area contributed by atoms with Gasteiger partial charge in [0.1, 0.15) is 17.1 Å². The third-order valence-corrected chi connectivity index (χ3v) is 5.53. The van der Waals surface area contributed by atoms with E-state index in [2.05, 4.69) is 43.0 Å². The molecule has 28 heavy (non-hydrogen) atoms. The van der Waals surface area contributed by atoms with Gasteiger partial charge in [0.25, 0.3) is 5.91 Å². The first-order valence-corrected chi connectivity index (χ1v) is 9.85. The molecule has 3 rings (SSSR count). The van der Waals surface area contributed by atoms with Crippen molar-refractivity contribution in [3.05, 3.63) is 59.7 Å². The van der Waals surface area contributed by atoms with Crippen molar-refractivity contribution in [1.29, 1.82) is 0 Å². The second-order valence-electron chi connectivity index (χ2n) is 7.42. The normalized spacial score (nSPS) is 20.1. The number of amides is 1. The Labute approximate surface area is 167 Å². The van der Waals surface area contributed by atoms with Crippen LogP contribution in [0.4, 0.5) is 0 Å². The Balaban J connectivity index is 1.71. The molecule has 2 aromatic carbocycles. The molecule has 5 heteroatoms. The fraction of sp³-hybridized carbons (Fsp3) is 0.435. The van der Waals surface area contributed by atoms with Gasteiger partial charge in [0.2, 0.25) is 0 Å². The quantitative estimate of drug-likeness (QED) is 0.767. The Hall–Kier alpha value is -2.53. The van der Waals surface area contributed by atoms with Gasteiger partial charge in [0.05, 0.1) is 14.2 Å². The van der Waals surface area contributed by atoms with Gasteiger partial charge >= 0.3 is 0 Å². The van der Waals surface area contributed by atoms with Gasteiger partial charge in [-0.3, -0.25) is 9.69 Å². The monoisotopic (exact) mass is 382 g/mol. The van der Waals surface area contributed by atoms with E-state index in [1.54, 1.807) is 26.4 Å². The smallest absolute Gasteiger partial charge is 0.261 e. The van der Waals surface area contributed by atoms with E-state index in [1.165, 1.54) is 5.56 Å². The van der Waals surface area contributed by atoms with Gasteiger partial charge in [0, 0.05) is 31.7 Å². The summed E-state index contributed by atoms with van der Waals surface area (Å²) in [5.41, 5.74) is 1.85. The highest BCUT2D eigenvalue weighted by Crippen LogP contribution is 2.30. The van der Waals surface area contributed by atoms with Crippen LogP contribution < -0.4 is 9.47 Å². The van der Waals surface area contributed by atoms with Crippen LogP contribution in [-0.2, 0) is 6.42 Å². The molecule has 0 radical (unpaired) electrons. The van der Waals surface area contributed by atoms with Gasteiger partial charge in [-0.15, -0.1) is 0 Å². The average molecular weight is 383 g/mol. The predicted molar refractivity (Wildman–Crippen MR) is 111 cm³/mol. The molecule has 2 atom stereocenters. The first-order chi connectivity index (χ1) is 13.5. The third kappa shape index (κ3) is 4.30. The molecule has 1 amide bonds. The molecule has 0 aliphatic carbocycles. The SMILES string of the molecule is COc1cccc(OC)c1C(=O)N1CC(C)N(CCc2ccccc2)C(C)C1. The van der Waals surface area contributed by atoms with Crippen LogP contribution in [0.2, 0.25) is 0 Å². The number of piperazine rings is 1. The second kappa shape index (κ2) is 9.11. The first-order valence-electron chi connectivity index (χ1n) is 9.85. The number of carbonyl (C=O) groups excluding carboxylic acids is 1. The minimum atomic E-state index is -0.0318. The Morgan fingerprint density at radius 3 is 2.04 bits per heavy atom. The summed E-state index contributed by atoms with van der Waals surface area (Å²) in [6.07, 6.45) is 1.02. The van der Waals surface area contributed by atoms with E-state index in [0.717, 1.165) is 13.0 Å². The molecular formula is C23H30N2O3. The van der Waals surface area contributed by atoms with Crippen LogP contribution in [0.5, 0.6) is 11.5 Å². The van der Waals surface area contributed by atoms with E-state index in [9.17, 15) is 4.79 Å². The topological polar surface area (TPSA) is 42.0 Å². The van der Waals surface area contributed by atoms with E-state index in [-0.39, 0.29) is 18.0 Å². The zero-order chi connectivity index (χ0) is 20.1. The van der Waals surface area contributed by atoms with Gasteiger partial charge in [-0.25, -0.2) is 0 Å². The van der Waals surface area contributed by atoms with Gasteiger partial charge in [-0.05, 0) is 38.0 Å². The predicted octanol–water partition coefficient (Wildman–Crippen LogP) is 3.48. The number of methoxy groups -OCH3 is 2. The standard InChI is InChI=1S/C23H30N2O3/c1-17-15-24(23(26)22-20(27-3)11-8-12-21(22)28-4)16-18(2)25(17)14-13-19-9-6-5-7-10-19/h5-12,17-18H,13-16H2,1-4H3. The van der Waals surface area contributed by atoms with Crippen LogP contribution in [0.3, 0.4) is 0 Å². The number of nitrogens with zero attached hydrogens (tertiary/aromatic N) is 2. The lowest BCUT2D eigenvalue weighted by Crippen LogP contribution is -2.58. The van der Waals surface area contributed by atoms with Gasteiger partial charge < -0.3 is 14.4 Å². The lowest BCUT2D eigenvalue weighted by atomic mass is 10.0. The maximum absolute atomic E-state index is 13.3. The van der Waals surface area contributed by atoms with Crippen LogP contribution in [0.1, 0.15) is 29.8 Å². The van der Waals surface area contributed by atoms with Crippen LogP contribution in [0.15, 0.2) is 48.5 Å². The fourth-order valence-electron chi connectivity index (χ4n) is 4.09. The molecule has 5 nitrogen and oxygen atoms in total. The summed E-state index contributed by atoms with van der Waals surface area (Å²) in [6.45, 7) is 6.77. The minimum absolute atomic E-state index is 0.0318. The molecule has 0 bridgehead atoms. The molecule has 0 spiro atoms. The number of carbonyl (C=O) groups is 1. The van der Waals surface area contributed by atoms with Crippen LogP contribution in [0, 0.1) is 0 Å². The van der Waals surface area contributed by atoms with Crippen LogP contribution >= 0.6 is 0 Å². The molecule has 150 valence electrons. The zero-order valence-electron chi connectivity index (χ0n) is 17.2. The van der Waals surface area contributed by atoms with Gasteiger partial charge in [-0.1, -0.05) is 36.4 Å². The largest absolute Gasteiger partial charge is 0.496 e. The van der Waals surface area contributed by atoms with Crippen molar-refractivity contribution < 1.29 is 14.3 Å². The summed E-state index contributed by atoms with van der Waals surface area (Å²) in [5, 5.41) is 0. The van der Waals surface area contributed by atoms with E-state index >= 15 is 0 Å². The lowest BCUT2D eigenvalue weighted by Gasteiger charge is -2.44. The molecule has 2 aromatic rings. The van der Waals surface area contributed by atoms with Crippen molar-refractivity contribution in [2.75, 3.05) is 33.9 Å². The molecule has 0 N–H and O–H groups in total. The van der Waals surface area contributed by atoms with E-state index < -0.39 is 0 Å². The number of hydrogen-bond donors (Lipinski definition) is 0. The highest BCUT2D eigenvalue weighted by atomic mass is 16.5. The molecule has 2 unspecified atom stereocenters. The van der Waals surface area contributed by atoms with Crippen molar-refractivity contribution in [3.8, 4) is 11.5 Å². The number of ether oxygens (including phenoxy) is 2. The highest BCUT2D eigenvalue weighted by Gasteiger charge is 2.33. The van der Waals surface area contributed by atoms with E-state index in [1.807, 2.05) is 17.0 Å². The van der Waals surface area contributed by atoms with E-state index in [4.69, 9.17) is 9.47 Å². The number of benzene rings is 2. The van der Waals surface area contributed by atoms with Crippen LogP contribution in [-0.4, -0.2) is 61.6 Å². The zero-order valence-corrected chi connectivity index (χ0v) is 17.2. The summed E-state index contributed by atoms with van der Waals surface area (Å²) < 4.78 is 10.8. The van der Waals surface area contributed by atoms with Crippen molar-refractivity contribution in [1.82, 2.24) is 9.80 Å². The number of rotatable bonds is 6. The van der Waals surface area contributed by atoms with Gasteiger partial charge in [0.15, 0.2) is 0 Å². The number of hydrogen-bond acceptors (Lipinski definition) is 4. The molecule has 1 saturated heterocycles. The summed E-state index contributed by atoms with van der Waals surface area (Å²) in [5.74, 6) is 1.07. The van der Waals surface area contributed by atoms with E-state index in [0.29, 0.717) is 30.2 Å². The molecular weight excluding hydrogens is 352 g/mol. The van der Waals surface area contributed by atoms with Crippen molar-refractivity contribution >= 4 is 5.91 Å². The summed E-state index contributed by atoms with van der Waals surface area (Å²) in [6, 6.07) is 16.6.